The molecule has 0 aliphatic rings. The Morgan fingerprint density at radius 3 is 2.15 bits per heavy atom. The van der Waals surface area contributed by atoms with Crippen LogP contribution in [0.15, 0.2) is 42.5 Å². The van der Waals surface area contributed by atoms with Gasteiger partial charge >= 0.3 is 0 Å². The van der Waals surface area contributed by atoms with Crippen molar-refractivity contribution >= 4 is 17.7 Å². The van der Waals surface area contributed by atoms with Crippen molar-refractivity contribution in [3.63, 3.8) is 0 Å². The molecule has 0 bridgehead atoms. The van der Waals surface area contributed by atoms with E-state index in [1.807, 2.05) is 32.0 Å². The average molecular weight is 731 g/mol. The summed E-state index contributed by atoms with van der Waals surface area (Å²) in [4.78, 5) is 53.9. The van der Waals surface area contributed by atoms with Crippen molar-refractivity contribution in [2.75, 3.05) is 34.0 Å². The van der Waals surface area contributed by atoms with Crippen molar-refractivity contribution in [3.8, 4) is 11.5 Å². The Hall–Kier alpha value is -4.43. The SMILES string of the molecule is COCCCOc1cc(C[C@@H](C[C@H](NC(=O)c2ccc(CO[N+](=O)[O-])cc2)[C@@H](O)C[C@H](C(=O)NCC(C)(C)C(N)=O)C(C)C)C(C)C)ccc1OC. The van der Waals surface area contributed by atoms with Gasteiger partial charge in [-0.2, -0.15) is 0 Å². The Kier molecular flexibility index (Phi) is 17.8. The molecule has 52 heavy (non-hydrogen) atoms. The summed E-state index contributed by atoms with van der Waals surface area (Å²) in [6.45, 7) is 12.0. The fraction of sp³-hybridized carbons (Fsp3) is 0.605. The number of ether oxygens (including phenoxy) is 3. The second kappa shape index (κ2) is 21.2. The zero-order valence-electron chi connectivity index (χ0n) is 31.8. The standard InChI is InChI=1S/C38H58N4O10/c1-24(2)29(18-27-12-15-33(50-8)34(19-27)51-17-9-16-49-7)20-31(41-35(44)28-13-10-26(11-14-28)22-52-42(47)48)32(43)21-30(25(3)4)36(45)40-23-38(5,6)37(39)46/h10-15,19,24-25,29-32,43H,9,16-18,20-23H2,1-8H3,(H2,39,46)(H,40,45)(H,41,44)/t29-,30-,31-,32-/m0/s1. The number of amides is 3. The van der Waals surface area contributed by atoms with Crippen molar-refractivity contribution in [1.29, 1.82) is 0 Å². The molecule has 2 rings (SSSR count). The molecule has 3 amide bonds. The Balaban J connectivity index is 2.38. The molecule has 2 aromatic rings. The first-order valence-electron chi connectivity index (χ1n) is 17.7. The third kappa shape index (κ3) is 14.3. The van der Waals surface area contributed by atoms with Crippen molar-refractivity contribution < 1.29 is 43.6 Å². The van der Waals surface area contributed by atoms with E-state index >= 15 is 0 Å². The van der Waals surface area contributed by atoms with E-state index in [1.165, 1.54) is 12.1 Å². The quantitative estimate of drug-likeness (QED) is 0.0678. The number of hydrogen-bond donors (Lipinski definition) is 4. The third-order valence-electron chi connectivity index (χ3n) is 9.32. The molecule has 0 aliphatic heterocycles. The van der Waals surface area contributed by atoms with Gasteiger partial charge in [0.2, 0.25) is 11.8 Å². The topological polar surface area (TPSA) is 202 Å². The lowest BCUT2D eigenvalue weighted by atomic mass is 9.80. The highest BCUT2D eigenvalue weighted by Gasteiger charge is 2.34. The molecule has 290 valence electrons. The number of benzene rings is 2. The molecular weight excluding hydrogens is 672 g/mol. The fourth-order valence-electron chi connectivity index (χ4n) is 5.64. The molecule has 4 atom stereocenters. The normalized spacial score (nSPS) is 13.9. The minimum absolute atomic E-state index is 0.0148. The average Bonchev–Trinajstić information content (AvgIpc) is 3.09. The largest absolute Gasteiger partial charge is 0.493 e. The molecule has 0 radical (unpaired) electrons. The summed E-state index contributed by atoms with van der Waals surface area (Å²) in [6, 6.07) is 11.2. The second-order valence-corrected chi connectivity index (χ2v) is 14.5. The van der Waals surface area contributed by atoms with Crippen LogP contribution in [-0.2, 0) is 32.2 Å². The van der Waals surface area contributed by atoms with E-state index in [-0.39, 0.29) is 43.2 Å². The summed E-state index contributed by atoms with van der Waals surface area (Å²) in [7, 11) is 3.22. The number of nitrogens with two attached hydrogens (primary N) is 1. The van der Waals surface area contributed by atoms with Crippen molar-refractivity contribution in [2.24, 2.45) is 34.8 Å². The summed E-state index contributed by atoms with van der Waals surface area (Å²) in [5.74, 6) is -0.765. The van der Waals surface area contributed by atoms with Crippen LogP contribution in [0.3, 0.4) is 0 Å². The number of methoxy groups -OCH3 is 2. The van der Waals surface area contributed by atoms with Crippen LogP contribution in [0.5, 0.6) is 11.5 Å². The summed E-state index contributed by atoms with van der Waals surface area (Å²) in [6.07, 6.45) is 0.643. The lowest BCUT2D eigenvalue weighted by Crippen LogP contribution is -2.49. The molecule has 14 nitrogen and oxygen atoms in total. The van der Waals surface area contributed by atoms with Crippen molar-refractivity contribution in [2.45, 2.75) is 86.0 Å². The maximum atomic E-state index is 13.6. The molecule has 0 saturated heterocycles. The van der Waals surface area contributed by atoms with Crippen molar-refractivity contribution in [1.82, 2.24) is 10.6 Å². The van der Waals surface area contributed by atoms with Gasteiger partial charge in [0, 0.05) is 38.2 Å². The number of hydrogen-bond acceptors (Lipinski definition) is 10. The number of carbonyl (C=O) groups excluding carboxylic acids is 3. The first-order valence-corrected chi connectivity index (χ1v) is 17.7. The van der Waals surface area contributed by atoms with Gasteiger partial charge in [-0.25, -0.2) is 0 Å². The smallest absolute Gasteiger partial charge is 0.294 e. The summed E-state index contributed by atoms with van der Waals surface area (Å²) >= 11 is 0. The molecule has 5 N–H and O–H groups in total. The zero-order chi connectivity index (χ0) is 39.0. The summed E-state index contributed by atoms with van der Waals surface area (Å²) in [5.41, 5.74) is 6.34. The molecule has 0 fully saturated rings. The Morgan fingerprint density at radius 1 is 0.942 bits per heavy atom. The zero-order valence-corrected chi connectivity index (χ0v) is 31.8. The molecular formula is C38H58N4O10. The fourth-order valence-corrected chi connectivity index (χ4v) is 5.64. The summed E-state index contributed by atoms with van der Waals surface area (Å²) < 4.78 is 16.7. The maximum absolute atomic E-state index is 13.6. The number of rotatable bonds is 24. The van der Waals surface area contributed by atoms with E-state index in [4.69, 9.17) is 19.9 Å². The van der Waals surface area contributed by atoms with E-state index in [0.29, 0.717) is 55.1 Å². The van der Waals surface area contributed by atoms with Gasteiger partial charge in [0.1, 0.15) is 6.61 Å². The van der Waals surface area contributed by atoms with Gasteiger partial charge in [-0.15, -0.1) is 10.1 Å². The summed E-state index contributed by atoms with van der Waals surface area (Å²) in [5, 5.41) is 27.4. The van der Waals surface area contributed by atoms with E-state index < -0.39 is 40.4 Å². The molecule has 0 aromatic heterocycles. The molecule has 0 aliphatic carbocycles. The van der Waals surface area contributed by atoms with Gasteiger partial charge in [-0.3, -0.25) is 14.4 Å². The van der Waals surface area contributed by atoms with Crippen LogP contribution in [0.2, 0.25) is 0 Å². The van der Waals surface area contributed by atoms with Gasteiger partial charge in [0.25, 0.3) is 11.0 Å². The van der Waals surface area contributed by atoms with Gasteiger partial charge in [0.15, 0.2) is 11.5 Å². The van der Waals surface area contributed by atoms with E-state index in [2.05, 4.69) is 29.3 Å². The Morgan fingerprint density at radius 2 is 1.60 bits per heavy atom. The Labute approximate surface area is 307 Å². The highest BCUT2D eigenvalue weighted by atomic mass is 16.9. The number of nitrogens with one attached hydrogen (secondary N) is 2. The Bertz CT molecular complexity index is 1450. The molecule has 2 aromatic carbocycles. The number of aliphatic hydroxyl groups excluding tert-OH is 1. The number of nitrogens with zero attached hydrogens (tertiary/aromatic N) is 1. The highest BCUT2D eigenvalue weighted by Crippen LogP contribution is 2.32. The van der Waals surface area contributed by atoms with Crippen LogP contribution in [0, 0.1) is 39.2 Å². The van der Waals surface area contributed by atoms with Gasteiger partial charge in [-0.05, 0) is 86.3 Å². The molecule has 0 unspecified atom stereocenters. The second-order valence-electron chi connectivity index (χ2n) is 14.5. The third-order valence-corrected chi connectivity index (χ3v) is 9.32. The molecule has 0 heterocycles. The number of primary amides is 1. The van der Waals surface area contributed by atoms with Crippen molar-refractivity contribution in [3.05, 3.63) is 69.3 Å². The van der Waals surface area contributed by atoms with Gasteiger partial charge < -0.3 is 40.5 Å². The molecule has 14 heteroatoms. The van der Waals surface area contributed by atoms with Crippen LogP contribution in [0.1, 0.15) is 82.3 Å². The van der Waals surface area contributed by atoms with Crippen LogP contribution in [0.4, 0.5) is 0 Å². The van der Waals surface area contributed by atoms with E-state index in [1.54, 1.807) is 40.2 Å². The highest BCUT2D eigenvalue weighted by molar-refractivity contribution is 5.94. The lowest BCUT2D eigenvalue weighted by Gasteiger charge is -2.33. The minimum atomic E-state index is -1.11. The first kappa shape index (κ1) is 43.7. The lowest BCUT2D eigenvalue weighted by molar-refractivity contribution is -0.763. The van der Waals surface area contributed by atoms with Gasteiger partial charge in [-0.1, -0.05) is 45.9 Å². The van der Waals surface area contributed by atoms with Crippen LogP contribution in [-0.4, -0.2) is 74.0 Å². The molecule has 0 saturated carbocycles. The monoisotopic (exact) mass is 730 g/mol. The maximum Gasteiger partial charge on any atom is 0.294 e. The predicted octanol–water partition coefficient (Wildman–Crippen LogP) is 4.47. The first-order chi connectivity index (χ1) is 24.5. The van der Waals surface area contributed by atoms with Gasteiger partial charge in [0.05, 0.1) is 31.3 Å². The van der Waals surface area contributed by atoms with E-state index in [9.17, 15) is 29.6 Å². The van der Waals surface area contributed by atoms with Crippen LogP contribution >= 0.6 is 0 Å². The number of aliphatic hydroxyl groups is 1. The van der Waals surface area contributed by atoms with Crippen LogP contribution < -0.4 is 25.8 Å². The minimum Gasteiger partial charge on any atom is -0.493 e. The molecule has 0 spiro atoms. The predicted molar refractivity (Wildman–Crippen MR) is 196 cm³/mol. The van der Waals surface area contributed by atoms with E-state index in [0.717, 1.165) is 5.56 Å². The number of carbonyl (C=O) groups is 3. The van der Waals surface area contributed by atoms with Crippen LogP contribution in [0.25, 0.3) is 0 Å².